The van der Waals surface area contributed by atoms with Crippen molar-refractivity contribution in [1.29, 1.82) is 0 Å². The Hall–Kier alpha value is -1.10. The largest absolute Gasteiger partial charge is 0.462 e. The first-order chi connectivity index (χ1) is 11.4. The van der Waals surface area contributed by atoms with E-state index in [0.717, 1.165) is 12.8 Å². The summed E-state index contributed by atoms with van der Waals surface area (Å²) >= 11 is 0. The molecule has 2 fully saturated rings. The second kappa shape index (κ2) is 6.90. The van der Waals surface area contributed by atoms with Gasteiger partial charge in [0.15, 0.2) is 6.54 Å². The highest BCUT2D eigenvalue weighted by Crippen LogP contribution is 2.66. The van der Waals surface area contributed by atoms with E-state index in [0.29, 0.717) is 23.4 Å². The van der Waals surface area contributed by atoms with Crippen molar-refractivity contribution in [2.75, 3.05) is 27.2 Å². The number of carbonyl (C=O) groups is 2. The highest BCUT2D eigenvalue weighted by Gasteiger charge is 2.62. The van der Waals surface area contributed by atoms with Crippen LogP contribution < -0.4 is 0 Å². The molecule has 0 N–H and O–H groups in total. The lowest BCUT2D eigenvalue weighted by molar-refractivity contribution is -0.882. The molecule has 0 radical (unpaired) electrons. The fourth-order valence-corrected chi connectivity index (χ4v) is 4.65. The van der Waals surface area contributed by atoms with E-state index in [-0.39, 0.29) is 41.5 Å². The molecule has 2 aliphatic carbocycles. The van der Waals surface area contributed by atoms with Crippen molar-refractivity contribution in [2.45, 2.75) is 72.5 Å². The first-order valence-electron chi connectivity index (χ1n) is 9.58. The van der Waals surface area contributed by atoms with Gasteiger partial charge in [-0.05, 0) is 44.4 Å². The maximum Gasteiger partial charge on any atom is 0.362 e. The molecule has 0 aromatic rings. The van der Waals surface area contributed by atoms with Crippen molar-refractivity contribution in [3.8, 4) is 0 Å². The number of quaternary nitrogens is 1. The molecule has 2 saturated carbocycles. The monoisotopic (exact) mass is 354 g/mol. The fourth-order valence-electron chi connectivity index (χ4n) is 4.65. The second-order valence-corrected chi connectivity index (χ2v) is 9.70. The van der Waals surface area contributed by atoms with Gasteiger partial charge >= 0.3 is 11.9 Å². The Morgan fingerprint density at radius 3 is 2.28 bits per heavy atom. The number of likely N-dealkylation sites (N-methyl/N-ethyl adjacent to an activating group) is 1. The summed E-state index contributed by atoms with van der Waals surface area (Å²) in [6.45, 7) is 11.4. The summed E-state index contributed by atoms with van der Waals surface area (Å²) in [5, 5.41) is 0. The van der Waals surface area contributed by atoms with Crippen molar-refractivity contribution in [3.63, 3.8) is 0 Å². The number of carbonyl (C=O) groups excluding carboxylic acids is 2. The molecule has 2 rings (SSSR count). The average molecular weight is 355 g/mol. The van der Waals surface area contributed by atoms with Gasteiger partial charge in [-0.1, -0.05) is 20.8 Å². The van der Waals surface area contributed by atoms with E-state index >= 15 is 0 Å². The molecular weight excluding hydrogens is 318 g/mol. The molecule has 0 aromatic heterocycles. The minimum Gasteiger partial charge on any atom is -0.462 e. The molecular formula is C20H36NO4+. The SMILES string of the molecule is CC(C)OC(=O)C[N+](C)(C)CCC(=O)O[C@@H]1C[C@H]2CC[C@]1(C)C2(C)C. The molecule has 3 atom stereocenters. The van der Waals surface area contributed by atoms with Gasteiger partial charge in [-0.25, -0.2) is 4.79 Å². The van der Waals surface area contributed by atoms with Gasteiger partial charge < -0.3 is 14.0 Å². The van der Waals surface area contributed by atoms with Gasteiger partial charge in [0, 0.05) is 5.41 Å². The number of nitrogens with zero attached hydrogens (tertiary/aromatic N) is 1. The summed E-state index contributed by atoms with van der Waals surface area (Å²) in [5.74, 6) is 0.294. The summed E-state index contributed by atoms with van der Waals surface area (Å²) in [6, 6.07) is 0. The topological polar surface area (TPSA) is 52.6 Å². The summed E-state index contributed by atoms with van der Waals surface area (Å²) < 4.78 is 11.5. The van der Waals surface area contributed by atoms with Crippen LogP contribution in [0, 0.1) is 16.7 Å². The summed E-state index contributed by atoms with van der Waals surface area (Å²) in [7, 11) is 3.88. The average Bonchev–Trinajstić information content (AvgIpc) is 2.77. The lowest BCUT2D eigenvalue weighted by atomic mass is 9.70. The molecule has 25 heavy (non-hydrogen) atoms. The Balaban J connectivity index is 1.82. The molecule has 2 aliphatic rings. The van der Waals surface area contributed by atoms with Crippen molar-refractivity contribution >= 4 is 11.9 Å². The quantitative estimate of drug-likeness (QED) is 0.520. The number of hydrogen-bond acceptors (Lipinski definition) is 4. The number of rotatable bonds is 7. The Bertz CT molecular complexity index is 526. The highest BCUT2D eigenvalue weighted by molar-refractivity contribution is 5.71. The van der Waals surface area contributed by atoms with E-state index in [1.807, 2.05) is 27.9 Å². The fraction of sp³-hybridized carbons (Fsp3) is 0.900. The van der Waals surface area contributed by atoms with Gasteiger partial charge in [0.1, 0.15) is 6.10 Å². The number of fused-ring (bicyclic) bond motifs is 2. The van der Waals surface area contributed by atoms with Crippen molar-refractivity contribution in [3.05, 3.63) is 0 Å². The maximum atomic E-state index is 12.4. The minimum atomic E-state index is -0.226. The lowest BCUT2D eigenvalue weighted by Gasteiger charge is -2.38. The van der Waals surface area contributed by atoms with Crippen LogP contribution in [0.25, 0.3) is 0 Å². The maximum absolute atomic E-state index is 12.4. The van der Waals surface area contributed by atoms with Crippen LogP contribution in [0.15, 0.2) is 0 Å². The van der Waals surface area contributed by atoms with Gasteiger partial charge in [0.25, 0.3) is 0 Å². The van der Waals surface area contributed by atoms with E-state index < -0.39 is 0 Å². The minimum absolute atomic E-state index is 0.0373. The Morgan fingerprint density at radius 1 is 1.16 bits per heavy atom. The molecule has 2 bridgehead atoms. The smallest absolute Gasteiger partial charge is 0.362 e. The first-order valence-corrected chi connectivity index (χ1v) is 9.58. The van der Waals surface area contributed by atoms with Crippen molar-refractivity contribution in [1.82, 2.24) is 0 Å². The molecule has 0 saturated heterocycles. The van der Waals surface area contributed by atoms with Gasteiger partial charge in [-0.15, -0.1) is 0 Å². The van der Waals surface area contributed by atoms with Crippen molar-refractivity contribution < 1.29 is 23.5 Å². The Kier molecular flexibility index (Phi) is 5.58. The number of esters is 2. The Labute approximate surface area is 152 Å². The zero-order chi connectivity index (χ0) is 19.0. The first kappa shape index (κ1) is 20.2. The zero-order valence-corrected chi connectivity index (χ0v) is 17.1. The van der Waals surface area contributed by atoms with E-state index in [9.17, 15) is 9.59 Å². The van der Waals surface area contributed by atoms with Crippen LogP contribution in [0.3, 0.4) is 0 Å². The molecule has 144 valence electrons. The lowest BCUT2D eigenvalue weighted by Crippen LogP contribution is -2.46. The van der Waals surface area contributed by atoms with Crippen LogP contribution in [0.4, 0.5) is 0 Å². The van der Waals surface area contributed by atoms with Gasteiger partial charge in [0.2, 0.25) is 0 Å². The van der Waals surface area contributed by atoms with E-state index in [4.69, 9.17) is 9.47 Å². The van der Waals surface area contributed by atoms with Gasteiger partial charge in [-0.3, -0.25) is 4.79 Å². The standard InChI is InChI=1S/C20H36NO4/c1-14(2)24-18(23)13-21(6,7)11-9-17(22)25-16-12-15-8-10-20(16,5)19(15,3)4/h14-16H,8-13H2,1-7H3/q+1/t15-,16-,20+/m1/s1. The molecule has 0 spiro atoms. The summed E-state index contributed by atoms with van der Waals surface area (Å²) in [5.41, 5.74) is 0.340. The van der Waals surface area contributed by atoms with E-state index in [1.165, 1.54) is 6.42 Å². The molecule has 0 aliphatic heterocycles. The third-order valence-electron chi connectivity index (χ3n) is 6.83. The van der Waals surface area contributed by atoms with Crippen LogP contribution in [0.5, 0.6) is 0 Å². The third-order valence-corrected chi connectivity index (χ3v) is 6.83. The van der Waals surface area contributed by atoms with Gasteiger partial charge in [-0.2, -0.15) is 0 Å². The molecule has 0 heterocycles. The normalized spacial score (nSPS) is 30.6. The van der Waals surface area contributed by atoms with Crippen LogP contribution in [0.1, 0.15) is 60.3 Å². The molecule has 5 nitrogen and oxygen atoms in total. The predicted octanol–water partition coefficient (Wildman–Crippen LogP) is 3.16. The van der Waals surface area contributed by atoms with Crippen LogP contribution in [-0.2, 0) is 19.1 Å². The zero-order valence-electron chi connectivity index (χ0n) is 17.1. The molecule has 0 unspecified atom stereocenters. The van der Waals surface area contributed by atoms with Crippen molar-refractivity contribution in [2.24, 2.45) is 16.7 Å². The highest BCUT2D eigenvalue weighted by atomic mass is 16.5. The van der Waals surface area contributed by atoms with Crippen LogP contribution in [-0.4, -0.2) is 55.8 Å². The summed E-state index contributed by atoms with van der Waals surface area (Å²) in [4.78, 5) is 24.2. The van der Waals surface area contributed by atoms with E-state index in [2.05, 4.69) is 20.8 Å². The van der Waals surface area contributed by atoms with Gasteiger partial charge in [0.05, 0.1) is 33.2 Å². The number of hydrogen-bond donors (Lipinski definition) is 0. The number of ether oxygens (including phenoxy) is 2. The third kappa shape index (κ3) is 4.18. The summed E-state index contributed by atoms with van der Waals surface area (Å²) in [6.07, 6.45) is 3.65. The molecule has 5 heteroatoms. The second-order valence-electron chi connectivity index (χ2n) is 9.70. The van der Waals surface area contributed by atoms with Crippen LogP contribution >= 0.6 is 0 Å². The van der Waals surface area contributed by atoms with E-state index in [1.54, 1.807) is 0 Å². The molecule has 0 amide bonds. The molecule has 0 aromatic carbocycles. The van der Waals surface area contributed by atoms with Crippen LogP contribution in [0.2, 0.25) is 0 Å². The predicted molar refractivity (Wildman–Crippen MR) is 96.8 cm³/mol. The Morgan fingerprint density at radius 2 is 1.80 bits per heavy atom.